The first-order valence-corrected chi connectivity index (χ1v) is 12.3. The van der Waals surface area contributed by atoms with Crippen molar-refractivity contribution in [3.63, 3.8) is 0 Å². The lowest BCUT2D eigenvalue weighted by atomic mass is 9.92. The van der Waals surface area contributed by atoms with Crippen LogP contribution < -0.4 is 10.1 Å². The second kappa shape index (κ2) is 11.1. The van der Waals surface area contributed by atoms with Crippen LogP contribution in [-0.4, -0.2) is 15.3 Å². The van der Waals surface area contributed by atoms with Gasteiger partial charge in [0.25, 0.3) is 0 Å². The van der Waals surface area contributed by atoms with E-state index in [1.807, 2.05) is 96.4 Å². The zero-order chi connectivity index (χ0) is 25.6. The number of fused-ring (bicyclic) bond motifs is 1. The normalized spacial score (nSPS) is 12.7. The molecule has 186 valence electrons. The molecule has 0 saturated carbocycles. The summed E-state index contributed by atoms with van der Waals surface area (Å²) in [6, 6.07) is 29.7. The van der Waals surface area contributed by atoms with E-state index in [0.29, 0.717) is 23.6 Å². The number of pyridine rings is 1. The van der Waals surface area contributed by atoms with Crippen LogP contribution in [0.2, 0.25) is 0 Å². The maximum atomic E-state index is 14.2. The average molecular weight is 494 g/mol. The monoisotopic (exact) mass is 493 g/mol. The van der Waals surface area contributed by atoms with Gasteiger partial charge in [-0.25, -0.2) is 9.37 Å². The Kier molecular flexibility index (Phi) is 7.26. The molecule has 0 saturated heterocycles. The minimum Gasteiger partial charge on any atom is -0.485 e. The van der Waals surface area contributed by atoms with Gasteiger partial charge in [0, 0.05) is 24.7 Å². The highest BCUT2D eigenvalue weighted by Gasteiger charge is 2.24. The van der Waals surface area contributed by atoms with Gasteiger partial charge in [-0.05, 0) is 47.9 Å². The summed E-state index contributed by atoms with van der Waals surface area (Å²) in [5.74, 6) is -0.242. The van der Waals surface area contributed by atoms with Gasteiger partial charge in [0.05, 0.1) is 11.7 Å². The molecule has 0 bridgehead atoms. The third-order valence-electron chi connectivity index (χ3n) is 6.44. The smallest absolute Gasteiger partial charge is 0.221 e. The van der Waals surface area contributed by atoms with Gasteiger partial charge < -0.3 is 14.5 Å². The first kappa shape index (κ1) is 24.3. The van der Waals surface area contributed by atoms with Gasteiger partial charge in [0.1, 0.15) is 12.4 Å². The van der Waals surface area contributed by atoms with Crippen LogP contribution in [0.5, 0.6) is 5.75 Å². The number of hydrogen-bond donors (Lipinski definition) is 1. The lowest BCUT2D eigenvalue weighted by molar-refractivity contribution is -0.122. The maximum absolute atomic E-state index is 14.2. The molecule has 5 nitrogen and oxygen atoms in total. The number of imidazole rings is 1. The fourth-order valence-electron chi connectivity index (χ4n) is 4.54. The summed E-state index contributed by atoms with van der Waals surface area (Å²) in [7, 11) is 0. The molecule has 0 radical (unpaired) electrons. The summed E-state index contributed by atoms with van der Waals surface area (Å²) < 4.78 is 22.2. The number of benzene rings is 3. The van der Waals surface area contributed by atoms with Crippen molar-refractivity contribution in [2.24, 2.45) is 0 Å². The van der Waals surface area contributed by atoms with Crippen molar-refractivity contribution in [3.05, 3.63) is 138 Å². The molecule has 2 heterocycles. The highest BCUT2D eigenvalue weighted by atomic mass is 19.1. The molecule has 6 heteroatoms. The van der Waals surface area contributed by atoms with Gasteiger partial charge in [-0.2, -0.15) is 0 Å². The Bertz CT molecular complexity index is 1480. The largest absolute Gasteiger partial charge is 0.485 e. The molecular weight excluding hydrogens is 465 g/mol. The van der Waals surface area contributed by atoms with Crippen molar-refractivity contribution in [1.29, 1.82) is 0 Å². The Labute approximate surface area is 215 Å². The van der Waals surface area contributed by atoms with Crippen molar-refractivity contribution >= 4 is 11.6 Å². The zero-order valence-electron chi connectivity index (χ0n) is 20.6. The Balaban J connectivity index is 1.43. The van der Waals surface area contributed by atoms with Gasteiger partial charge >= 0.3 is 0 Å². The predicted molar refractivity (Wildman–Crippen MR) is 142 cm³/mol. The second-order valence-electron chi connectivity index (χ2n) is 9.03. The van der Waals surface area contributed by atoms with Gasteiger partial charge in [-0.3, -0.25) is 4.79 Å². The Morgan fingerprint density at radius 2 is 1.68 bits per heavy atom. The van der Waals surface area contributed by atoms with Crippen LogP contribution in [0.3, 0.4) is 0 Å². The van der Waals surface area contributed by atoms with E-state index in [2.05, 4.69) is 10.3 Å². The van der Waals surface area contributed by atoms with Crippen LogP contribution in [0.15, 0.2) is 109 Å². The number of carbonyl (C=O) groups excluding carboxylic acids is 1. The van der Waals surface area contributed by atoms with Crippen LogP contribution in [-0.2, 0) is 11.4 Å². The van der Waals surface area contributed by atoms with Crippen LogP contribution in [0.1, 0.15) is 47.7 Å². The maximum Gasteiger partial charge on any atom is 0.221 e. The summed E-state index contributed by atoms with van der Waals surface area (Å²) in [6.07, 6.45) is 3.78. The van der Waals surface area contributed by atoms with Crippen molar-refractivity contribution in [3.8, 4) is 5.75 Å². The number of carbonyl (C=O) groups is 1. The van der Waals surface area contributed by atoms with E-state index in [4.69, 9.17) is 4.74 Å². The third kappa shape index (κ3) is 5.70. The van der Waals surface area contributed by atoms with Crippen molar-refractivity contribution in [1.82, 2.24) is 14.7 Å². The summed E-state index contributed by atoms with van der Waals surface area (Å²) in [6.45, 7) is 2.37. The molecule has 2 aromatic heterocycles. The van der Waals surface area contributed by atoms with Crippen LogP contribution in [0, 0.1) is 5.82 Å². The molecule has 1 N–H and O–H groups in total. The van der Waals surface area contributed by atoms with Gasteiger partial charge in [-0.1, -0.05) is 72.8 Å². The number of nitrogens with zero attached hydrogens (tertiary/aromatic N) is 2. The first-order chi connectivity index (χ1) is 18.1. The number of amides is 1. The van der Waals surface area contributed by atoms with Gasteiger partial charge in [0.2, 0.25) is 5.91 Å². The van der Waals surface area contributed by atoms with E-state index >= 15 is 0 Å². The predicted octanol–water partition coefficient (Wildman–Crippen LogP) is 6.45. The van der Waals surface area contributed by atoms with E-state index < -0.39 is 5.92 Å². The zero-order valence-corrected chi connectivity index (χ0v) is 20.6. The minimum absolute atomic E-state index is 0.128. The summed E-state index contributed by atoms with van der Waals surface area (Å²) in [4.78, 5) is 17.8. The van der Waals surface area contributed by atoms with Gasteiger partial charge in [0.15, 0.2) is 11.4 Å². The summed E-state index contributed by atoms with van der Waals surface area (Å²) >= 11 is 0. The molecular formula is C31H28FN3O2. The average Bonchev–Trinajstić information content (AvgIpc) is 3.36. The molecule has 5 aromatic rings. The summed E-state index contributed by atoms with van der Waals surface area (Å²) in [5, 5.41) is 3.08. The molecule has 0 aliphatic carbocycles. The SMILES string of the molecule is CC(NC(=O)CC(c1cccc(F)c1)c1cnc2c(OCc3ccccc3)cccn12)c1ccccc1. The van der Waals surface area contributed by atoms with Crippen LogP contribution >= 0.6 is 0 Å². The molecule has 0 spiro atoms. The van der Waals surface area contributed by atoms with Gasteiger partial charge in [-0.15, -0.1) is 0 Å². The second-order valence-corrected chi connectivity index (χ2v) is 9.03. The number of aromatic nitrogens is 2. The molecule has 1 amide bonds. The molecule has 2 unspecified atom stereocenters. The van der Waals surface area contributed by atoms with E-state index in [1.165, 1.54) is 12.1 Å². The van der Waals surface area contributed by atoms with Crippen molar-refractivity contribution < 1.29 is 13.9 Å². The lowest BCUT2D eigenvalue weighted by Gasteiger charge is -2.20. The standard InChI is InChI=1S/C31H28FN3O2/c1-22(24-12-6-3-7-13-24)34-30(36)19-27(25-14-8-15-26(32)18-25)28-20-33-31-29(16-9-17-35(28)31)37-21-23-10-4-2-5-11-23/h2-18,20,22,27H,19,21H2,1H3,(H,34,36). The van der Waals surface area contributed by atoms with E-state index in [1.54, 1.807) is 12.3 Å². The molecule has 0 aliphatic rings. The van der Waals surface area contributed by atoms with E-state index in [0.717, 1.165) is 16.8 Å². The minimum atomic E-state index is -0.405. The number of halogens is 1. The van der Waals surface area contributed by atoms with Crippen LogP contribution in [0.4, 0.5) is 4.39 Å². The van der Waals surface area contributed by atoms with E-state index in [9.17, 15) is 9.18 Å². The number of ether oxygens (including phenoxy) is 1. The fourth-order valence-corrected chi connectivity index (χ4v) is 4.54. The van der Waals surface area contributed by atoms with Crippen molar-refractivity contribution in [2.45, 2.75) is 31.9 Å². The molecule has 0 fully saturated rings. The quantitative estimate of drug-likeness (QED) is 0.257. The number of nitrogens with one attached hydrogen (secondary N) is 1. The highest BCUT2D eigenvalue weighted by Crippen LogP contribution is 2.32. The Hall–Kier alpha value is -4.45. The molecule has 2 atom stereocenters. The van der Waals surface area contributed by atoms with Crippen molar-refractivity contribution in [2.75, 3.05) is 0 Å². The number of rotatable bonds is 9. The number of hydrogen-bond acceptors (Lipinski definition) is 3. The van der Waals surface area contributed by atoms with Crippen LogP contribution in [0.25, 0.3) is 5.65 Å². The highest BCUT2D eigenvalue weighted by molar-refractivity contribution is 5.78. The molecule has 0 aliphatic heterocycles. The third-order valence-corrected chi connectivity index (χ3v) is 6.44. The summed E-state index contributed by atoms with van der Waals surface area (Å²) in [5.41, 5.74) is 4.22. The lowest BCUT2D eigenvalue weighted by Crippen LogP contribution is -2.28. The Morgan fingerprint density at radius 1 is 0.946 bits per heavy atom. The molecule has 37 heavy (non-hydrogen) atoms. The first-order valence-electron chi connectivity index (χ1n) is 12.3. The topological polar surface area (TPSA) is 55.6 Å². The Morgan fingerprint density at radius 3 is 2.43 bits per heavy atom. The van der Waals surface area contributed by atoms with E-state index in [-0.39, 0.29) is 24.2 Å². The fraction of sp³-hybridized carbons (Fsp3) is 0.161. The molecule has 3 aromatic carbocycles. The molecule has 5 rings (SSSR count).